The maximum Gasteiger partial charge on any atom is 0.264 e. The minimum absolute atomic E-state index is 0.0899. The summed E-state index contributed by atoms with van der Waals surface area (Å²) < 4.78 is 44.1. The molecule has 0 radical (unpaired) electrons. The summed E-state index contributed by atoms with van der Waals surface area (Å²) in [6, 6.07) is 18.7. The second kappa shape index (κ2) is 11.6. The van der Waals surface area contributed by atoms with Gasteiger partial charge in [-0.25, -0.2) is 8.42 Å². The Bertz CT molecular complexity index is 1260. The predicted molar refractivity (Wildman–Crippen MR) is 135 cm³/mol. The van der Waals surface area contributed by atoms with Crippen molar-refractivity contribution in [1.29, 1.82) is 0 Å². The predicted octanol–water partition coefficient (Wildman–Crippen LogP) is 3.58. The fraction of sp³-hybridized carbons (Fsp3) is 0.269. The van der Waals surface area contributed by atoms with Gasteiger partial charge in [-0.2, -0.15) is 0 Å². The van der Waals surface area contributed by atoms with Crippen LogP contribution in [0.15, 0.2) is 71.6 Å². The van der Waals surface area contributed by atoms with Gasteiger partial charge in [-0.1, -0.05) is 35.9 Å². The molecule has 0 heterocycles. The van der Waals surface area contributed by atoms with Crippen molar-refractivity contribution in [3.8, 4) is 17.2 Å². The van der Waals surface area contributed by atoms with Crippen molar-refractivity contribution in [2.75, 3.05) is 38.7 Å². The van der Waals surface area contributed by atoms with E-state index in [2.05, 4.69) is 5.32 Å². The Morgan fingerprint density at radius 2 is 1.51 bits per heavy atom. The third-order valence-electron chi connectivity index (χ3n) is 5.43. The molecule has 0 bridgehead atoms. The molecule has 8 nitrogen and oxygen atoms in total. The molecule has 0 unspecified atom stereocenters. The number of hydrogen-bond donors (Lipinski definition) is 1. The molecule has 186 valence electrons. The van der Waals surface area contributed by atoms with Crippen molar-refractivity contribution >= 4 is 21.6 Å². The van der Waals surface area contributed by atoms with Gasteiger partial charge in [-0.05, 0) is 55.3 Å². The molecule has 0 saturated heterocycles. The molecule has 0 aliphatic carbocycles. The molecule has 0 atom stereocenters. The summed E-state index contributed by atoms with van der Waals surface area (Å²) in [5, 5.41) is 2.81. The topological polar surface area (TPSA) is 94.2 Å². The summed E-state index contributed by atoms with van der Waals surface area (Å²) in [4.78, 5) is 13.0. The van der Waals surface area contributed by atoms with Gasteiger partial charge in [0.05, 0.1) is 31.9 Å². The van der Waals surface area contributed by atoms with Crippen LogP contribution in [0, 0.1) is 6.92 Å². The first-order valence-electron chi connectivity index (χ1n) is 11.0. The molecule has 3 aromatic carbocycles. The van der Waals surface area contributed by atoms with Gasteiger partial charge in [0.25, 0.3) is 10.0 Å². The number of rotatable bonds is 11. The number of carbonyl (C=O) groups is 1. The molecule has 3 aromatic rings. The molecule has 0 fully saturated rings. The van der Waals surface area contributed by atoms with Crippen LogP contribution in [-0.2, 0) is 21.2 Å². The Morgan fingerprint density at radius 1 is 0.857 bits per heavy atom. The van der Waals surface area contributed by atoms with Crippen molar-refractivity contribution in [3.05, 3.63) is 77.9 Å². The zero-order chi connectivity index (χ0) is 25.4. The first-order valence-corrected chi connectivity index (χ1v) is 12.4. The van der Waals surface area contributed by atoms with Crippen LogP contribution in [0.4, 0.5) is 5.69 Å². The van der Waals surface area contributed by atoms with E-state index in [1.54, 1.807) is 56.7 Å². The van der Waals surface area contributed by atoms with E-state index < -0.39 is 22.5 Å². The van der Waals surface area contributed by atoms with E-state index >= 15 is 0 Å². The standard InChI is InChI=1S/C26H30N2O6S/c1-19-9-12-21(13-10-19)35(30,31)28(22-7-5-6-8-23(22)32-2)18-26(29)27-16-15-20-11-14-24(33-3)25(17-20)34-4/h5-14,17H,15-16,18H2,1-4H3,(H,27,29). The molecule has 0 aliphatic heterocycles. The van der Waals surface area contributed by atoms with Crippen LogP contribution in [0.5, 0.6) is 17.2 Å². The summed E-state index contributed by atoms with van der Waals surface area (Å²) in [6.07, 6.45) is 0.533. The van der Waals surface area contributed by atoms with Gasteiger partial charge in [0.2, 0.25) is 5.91 Å². The summed E-state index contributed by atoms with van der Waals surface area (Å²) in [7, 11) is 0.552. The number of amides is 1. The number of aryl methyl sites for hydroxylation is 1. The van der Waals surface area contributed by atoms with E-state index in [0.29, 0.717) is 30.2 Å². The number of hydrogen-bond acceptors (Lipinski definition) is 6. The van der Waals surface area contributed by atoms with Gasteiger partial charge in [-0.3, -0.25) is 9.10 Å². The first kappa shape index (κ1) is 25.9. The quantitative estimate of drug-likeness (QED) is 0.434. The highest BCUT2D eigenvalue weighted by Crippen LogP contribution is 2.32. The lowest BCUT2D eigenvalue weighted by Gasteiger charge is -2.25. The normalized spacial score (nSPS) is 11.0. The average Bonchev–Trinajstić information content (AvgIpc) is 2.87. The van der Waals surface area contributed by atoms with E-state index in [4.69, 9.17) is 14.2 Å². The van der Waals surface area contributed by atoms with Crippen LogP contribution in [0.25, 0.3) is 0 Å². The third kappa shape index (κ3) is 6.24. The zero-order valence-electron chi connectivity index (χ0n) is 20.3. The van der Waals surface area contributed by atoms with Crippen LogP contribution < -0.4 is 23.8 Å². The number of para-hydroxylation sites is 2. The van der Waals surface area contributed by atoms with E-state index in [9.17, 15) is 13.2 Å². The van der Waals surface area contributed by atoms with E-state index in [-0.39, 0.29) is 10.6 Å². The van der Waals surface area contributed by atoms with Crippen LogP contribution in [0.3, 0.4) is 0 Å². The highest BCUT2D eigenvalue weighted by Gasteiger charge is 2.29. The first-order chi connectivity index (χ1) is 16.8. The number of benzene rings is 3. The molecule has 0 saturated carbocycles. The van der Waals surface area contributed by atoms with Gasteiger partial charge in [0.1, 0.15) is 12.3 Å². The molecule has 0 spiro atoms. The average molecular weight is 499 g/mol. The maximum atomic E-state index is 13.5. The Balaban J connectivity index is 1.79. The number of sulfonamides is 1. The summed E-state index contributed by atoms with van der Waals surface area (Å²) in [5.74, 6) is 1.13. The lowest BCUT2D eigenvalue weighted by atomic mass is 10.1. The molecule has 35 heavy (non-hydrogen) atoms. The molecule has 9 heteroatoms. The Kier molecular flexibility index (Phi) is 8.59. The van der Waals surface area contributed by atoms with Crippen LogP contribution in [-0.4, -0.2) is 48.7 Å². The summed E-state index contributed by atoms with van der Waals surface area (Å²) in [6.45, 7) is 1.79. The second-order valence-corrected chi connectivity index (χ2v) is 9.65. The van der Waals surface area contributed by atoms with Crippen molar-refractivity contribution < 1.29 is 27.4 Å². The number of nitrogens with one attached hydrogen (secondary N) is 1. The number of methoxy groups -OCH3 is 3. The molecule has 0 aliphatic rings. The van der Waals surface area contributed by atoms with Crippen molar-refractivity contribution in [3.63, 3.8) is 0 Å². The van der Waals surface area contributed by atoms with Crippen LogP contribution in [0.2, 0.25) is 0 Å². The number of anilines is 1. The van der Waals surface area contributed by atoms with Crippen molar-refractivity contribution in [2.24, 2.45) is 0 Å². The highest BCUT2D eigenvalue weighted by atomic mass is 32.2. The van der Waals surface area contributed by atoms with E-state index in [1.807, 2.05) is 19.1 Å². The van der Waals surface area contributed by atoms with Crippen molar-refractivity contribution in [2.45, 2.75) is 18.2 Å². The van der Waals surface area contributed by atoms with E-state index in [0.717, 1.165) is 15.4 Å². The number of ether oxygens (including phenoxy) is 3. The molecule has 3 rings (SSSR count). The molecular weight excluding hydrogens is 468 g/mol. The van der Waals surface area contributed by atoms with Crippen LogP contribution >= 0.6 is 0 Å². The zero-order valence-corrected chi connectivity index (χ0v) is 21.1. The summed E-state index contributed by atoms with van der Waals surface area (Å²) in [5.41, 5.74) is 2.16. The van der Waals surface area contributed by atoms with Crippen LogP contribution in [0.1, 0.15) is 11.1 Å². The van der Waals surface area contributed by atoms with Gasteiger partial charge in [0, 0.05) is 6.54 Å². The lowest BCUT2D eigenvalue weighted by Crippen LogP contribution is -2.41. The Labute approximate surface area is 206 Å². The lowest BCUT2D eigenvalue weighted by molar-refractivity contribution is -0.119. The van der Waals surface area contributed by atoms with Gasteiger partial charge in [0.15, 0.2) is 11.5 Å². The monoisotopic (exact) mass is 498 g/mol. The number of carbonyl (C=O) groups excluding carboxylic acids is 1. The smallest absolute Gasteiger partial charge is 0.264 e. The van der Waals surface area contributed by atoms with Crippen molar-refractivity contribution in [1.82, 2.24) is 5.32 Å². The molecule has 0 aromatic heterocycles. The highest BCUT2D eigenvalue weighted by molar-refractivity contribution is 7.92. The Morgan fingerprint density at radius 3 is 2.17 bits per heavy atom. The minimum Gasteiger partial charge on any atom is -0.495 e. The third-order valence-corrected chi connectivity index (χ3v) is 7.21. The fourth-order valence-corrected chi connectivity index (χ4v) is 4.97. The Hall–Kier alpha value is -3.72. The van der Waals surface area contributed by atoms with Gasteiger partial charge in [-0.15, -0.1) is 0 Å². The minimum atomic E-state index is -4.03. The summed E-state index contributed by atoms with van der Waals surface area (Å²) >= 11 is 0. The van der Waals surface area contributed by atoms with E-state index in [1.165, 1.54) is 19.2 Å². The SMILES string of the molecule is COc1ccc(CCNC(=O)CN(c2ccccc2OC)S(=O)(=O)c2ccc(C)cc2)cc1OC. The van der Waals surface area contributed by atoms with Gasteiger partial charge >= 0.3 is 0 Å². The maximum absolute atomic E-state index is 13.5. The molecular formula is C26H30N2O6S. The molecule has 1 amide bonds. The fourth-order valence-electron chi connectivity index (χ4n) is 3.54. The van der Waals surface area contributed by atoms with Gasteiger partial charge < -0.3 is 19.5 Å². The number of nitrogens with zero attached hydrogens (tertiary/aromatic N) is 1. The largest absolute Gasteiger partial charge is 0.495 e. The molecule has 1 N–H and O–H groups in total. The second-order valence-electron chi connectivity index (χ2n) is 7.79.